The summed E-state index contributed by atoms with van der Waals surface area (Å²) >= 11 is 5.97. The van der Waals surface area contributed by atoms with Gasteiger partial charge in [0.1, 0.15) is 6.10 Å². The minimum Gasteiger partial charge on any atom is -0.486 e. The Balaban J connectivity index is 1.37. The fourth-order valence-corrected chi connectivity index (χ4v) is 6.80. The van der Waals surface area contributed by atoms with E-state index in [2.05, 4.69) is 14.9 Å². The number of likely N-dealkylation sites (N-methyl/N-ethyl adjacent to an activating group) is 1. The Kier molecular flexibility index (Phi) is 11.1. The van der Waals surface area contributed by atoms with Crippen LogP contribution in [0.1, 0.15) is 40.1 Å². The number of benzene rings is 4. The van der Waals surface area contributed by atoms with Crippen molar-refractivity contribution in [2.75, 3.05) is 42.5 Å². The summed E-state index contributed by atoms with van der Waals surface area (Å²) in [4.78, 5) is 30.3. The number of anilines is 3. The number of aliphatic hydroxyl groups is 1. The van der Waals surface area contributed by atoms with E-state index < -0.39 is 22.2 Å². The molecule has 1 aliphatic rings. The van der Waals surface area contributed by atoms with Crippen molar-refractivity contribution in [3.63, 3.8) is 0 Å². The Labute approximate surface area is 291 Å². The molecule has 3 atom stereocenters. The van der Waals surface area contributed by atoms with E-state index in [-0.39, 0.29) is 46.2 Å². The second kappa shape index (κ2) is 15.3. The van der Waals surface area contributed by atoms with Gasteiger partial charge in [0.15, 0.2) is 5.75 Å². The summed E-state index contributed by atoms with van der Waals surface area (Å²) in [5, 5.41) is 13.2. The third kappa shape index (κ3) is 8.52. The van der Waals surface area contributed by atoms with Crippen LogP contribution in [-0.2, 0) is 16.6 Å². The van der Waals surface area contributed by atoms with Crippen LogP contribution in [0, 0.1) is 5.92 Å². The number of carbonyl (C=O) groups excluding carboxylic acids is 2. The summed E-state index contributed by atoms with van der Waals surface area (Å²) in [6.07, 6.45) is -0.479. The number of nitrogens with zero attached hydrogens (tertiary/aromatic N) is 2. The molecule has 5 rings (SSSR count). The molecular formula is C36H40ClN5O6S. The van der Waals surface area contributed by atoms with Gasteiger partial charge in [0.25, 0.3) is 21.8 Å². The molecule has 5 N–H and O–H groups in total. The highest BCUT2D eigenvalue weighted by molar-refractivity contribution is 7.92. The number of amides is 2. The van der Waals surface area contributed by atoms with Gasteiger partial charge in [0, 0.05) is 36.1 Å². The van der Waals surface area contributed by atoms with Gasteiger partial charge in [-0.2, -0.15) is 0 Å². The molecule has 0 saturated carbocycles. The summed E-state index contributed by atoms with van der Waals surface area (Å²) in [5.41, 5.74) is 8.73. The minimum absolute atomic E-state index is 0.000416. The van der Waals surface area contributed by atoms with Crippen LogP contribution in [-0.4, -0.2) is 74.0 Å². The number of fused-ring (bicyclic) bond motifs is 1. The van der Waals surface area contributed by atoms with Crippen molar-refractivity contribution >= 4 is 50.5 Å². The molecule has 0 aromatic heterocycles. The SMILES string of the molecule is C[C@H](CO)N1C[C@H](C)[C@@H](CN(C)Cc2ccc(C(=O)Nc3ccccc3N)cc2)Oc2c(NS(=O)(=O)c3ccc(Cl)cc3)cccc2C1=O. The van der Waals surface area contributed by atoms with Gasteiger partial charge in [0.05, 0.1) is 40.2 Å². The predicted octanol–water partition coefficient (Wildman–Crippen LogP) is 5.33. The molecule has 258 valence electrons. The van der Waals surface area contributed by atoms with E-state index in [4.69, 9.17) is 22.1 Å². The van der Waals surface area contributed by atoms with Crippen molar-refractivity contribution < 1.29 is 27.9 Å². The maximum atomic E-state index is 13.8. The number of aliphatic hydroxyl groups excluding tert-OH is 1. The number of para-hydroxylation sites is 3. The fraction of sp³-hybridized carbons (Fsp3) is 0.278. The molecule has 0 saturated heterocycles. The molecule has 0 spiro atoms. The summed E-state index contributed by atoms with van der Waals surface area (Å²) in [6, 6.07) is 24.3. The van der Waals surface area contributed by atoms with E-state index in [1.54, 1.807) is 66.4 Å². The quantitative estimate of drug-likeness (QED) is 0.153. The molecule has 2 amide bonds. The summed E-state index contributed by atoms with van der Waals surface area (Å²) in [6.45, 7) is 4.74. The highest BCUT2D eigenvalue weighted by Gasteiger charge is 2.35. The number of hydrogen-bond acceptors (Lipinski definition) is 8. The molecule has 1 heterocycles. The van der Waals surface area contributed by atoms with Crippen LogP contribution < -0.4 is 20.5 Å². The number of hydrogen-bond donors (Lipinski definition) is 4. The topological polar surface area (TPSA) is 154 Å². The third-order valence-corrected chi connectivity index (χ3v) is 10.1. The molecule has 13 heteroatoms. The van der Waals surface area contributed by atoms with Crippen molar-refractivity contribution in [2.45, 2.75) is 37.4 Å². The zero-order valence-electron chi connectivity index (χ0n) is 27.5. The number of nitrogen functional groups attached to an aromatic ring is 1. The van der Waals surface area contributed by atoms with Crippen molar-refractivity contribution in [1.29, 1.82) is 0 Å². The lowest BCUT2D eigenvalue weighted by Crippen LogP contribution is -2.49. The number of nitrogens with two attached hydrogens (primary N) is 1. The monoisotopic (exact) mass is 705 g/mol. The first-order valence-electron chi connectivity index (χ1n) is 15.8. The Bertz CT molecular complexity index is 1910. The molecule has 0 unspecified atom stereocenters. The molecule has 0 aliphatic carbocycles. The number of rotatable bonds is 11. The standard InChI is InChI=1S/C36H40ClN5O6S/c1-23-19-42(24(2)22-43)36(45)29-7-6-10-32(40-49(46,47)28-17-15-27(37)16-18-28)34(29)48-33(23)21-41(3)20-25-11-13-26(14-12-25)35(44)39-31-9-5-4-8-30(31)38/h4-18,23-24,33,40,43H,19-22,38H2,1-3H3,(H,39,44)/t23-,24+,33+/m0/s1. The largest absolute Gasteiger partial charge is 0.486 e. The first-order chi connectivity index (χ1) is 23.4. The third-order valence-electron chi connectivity index (χ3n) is 8.43. The number of sulfonamides is 1. The summed E-state index contributed by atoms with van der Waals surface area (Å²) < 4.78 is 35.9. The van der Waals surface area contributed by atoms with Gasteiger partial charge in [-0.15, -0.1) is 0 Å². The maximum Gasteiger partial charge on any atom is 0.262 e. The minimum atomic E-state index is -4.06. The second-order valence-electron chi connectivity index (χ2n) is 12.3. The highest BCUT2D eigenvalue weighted by atomic mass is 35.5. The number of nitrogens with one attached hydrogen (secondary N) is 2. The van der Waals surface area contributed by atoms with Gasteiger partial charge in [-0.25, -0.2) is 8.42 Å². The molecule has 0 bridgehead atoms. The van der Waals surface area contributed by atoms with E-state index in [1.807, 2.05) is 26.1 Å². The highest BCUT2D eigenvalue weighted by Crippen LogP contribution is 2.36. The Morgan fingerprint density at radius 1 is 1.04 bits per heavy atom. The van der Waals surface area contributed by atoms with Gasteiger partial charge < -0.3 is 25.8 Å². The Morgan fingerprint density at radius 3 is 2.39 bits per heavy atom. The molecule has 11 nitrogen and oxygen atoms in total. The average Bonchev–Trinajstić information content (AvgIpc) is 3.07. The van der Waals surface area contributed by atoms with Crippen molar-refractivity contribution in [3.05, 3.63) is 113 Å². The first kappa shape index (κ1) is 35.7. The van der Waals surface area contributed by atoms with Crippen molar-refractivity contribution in [1.82, 2.24) is 9.80 Å². The Morgan fingerprint density at radius 2 is 1.71 bits per heavy atom. The fourth-order valence-electron chi connectivity index (χ4n) is 5.61. The molecule has 49 heavy (non-hydrogen) atoms. The number of carbonyl (C=O) groups is 2. The maximum absolute atomic E-state index is 13.8. The zero-order valence-corrected chi connectivity index (χ0v) is 29.0. The molecule has 4 aromatic carbocycles. The van der Waals surface area contributed by atoms with Crippen molar-refractivity contribution in [2.24, 2.45) is 5.92 Å². The molecule has 4 aromatic rings. The van der Waals surface area contributed by atoms with Crippen LogP contribution in [0.25, 0.3) is 0 Å². The van der Waals surface area contributed by atoms with Crippen LogP contribution in [0.15, 0.2) is 95.9 Å². The van der Waals surface area contributed by atoms with Crippen molar-refractivity contribution in [3.8, 4) is 5.75 Å². The zero-order chi connectivity index (χ0) is 35.3. The average molecular weight is 706 g/mol. The lowest BCUT2D eigenvalue weighted by atomic mass is 9.99. The molecule has 0 fully saturated rings. The molecule has 1 aliphatic heterocycles. The lowest BCUT2D eigenvalue weighted by Gasteiger charge is -2.38. The molecule has 0 radical (unpaired) electrons. The summed E-state index contributed by atoms with van der Waals surface area (Å²) in [5.74, 6) is -0.737. The van der Waals surface area contributed by atoms with Crippen LogP contribution in [0.5, 0.6) is 5.75 Å². The van der Waals surface area contributed by atoms with E-state index in [0.717, 1.165) is 5.56 Å². The van der Waals surface area contributed by atoms with Crippen LogP contribution in [0.3, 0.4) is 0 Å². The van der Waals surface area contributed by atoms with E-state index in [9.17, 15) is 23.1 Å². The Hall–Kier alpha value is -4.62. The van der Waals surface area contributed by atoms with E-state index in [0.29, 0.717) is 41.6 Å². The smallest absolute Gasteiger partial charge is 0.262 e. The number of halogens is 1. The predicted molar refractivity (Wildman–Crippen MR) is 191 cm³/mol. The number of ether oxygens (including phenoxy) is 1. The lowest BCUT2D eigenvalue weighted by molar-refractivity contribution is 0.0344. The van der Waals surface area contributed by atoms with Gasteiger partial charge in [0.2, 0.25) is 0 Å². The first-order valence-corrected chi connectivity index (χ1v) is 17.7. The van der Waals surface area contributed by atoms with E-state index in [1.165, 1.54) is 24.3 Å². The summed E-state index contributed by atoms with van der Waals surface area (Å²) in [7, 11) is -2.13. The van der Waals surface area contributed by atoms with Gasteiger partial charge in [-0.1, -0.05) is 48.9 Å². The van der Waals surface area contributed by atoms with Crippen LogP contribution >= 0.6 is 11.6 Å². The van der Waals surface area contributed by atoms with Crippen LogP contribution in [0.4, 0.5) is 17.1 Å². The normalized spacial score (nSPS) is 17.0. The van der Waals surface area contributed by atoms with Gasteiger partial charge >= 0.3 is 0 Å². The van der Waals surface area contributed by atoms with Gasteiger partial charge in [-0.05, 0) is 80.2 Å². The molecular weight excluding hydrogens is 666 g/mol. The van der Waals surface area contributed by atoms with Crippen LogP contribution in [0.2, 0.25) is 5.02 Å². The van der Waals surface area contributed by atoms with Gasteiger partial charge in [-0.3, -0.25) is 19.2 Å². The van der Waals surface area contributed by atoms with E-state index >= 15 is 0 Å². The second-order valence-corrected chi connectivity index (χ2v) is 14.4.